The van der Waals surface area contributed by atoms with E-state index in [0.29, 0.717) is 5.82 Å². The van der Waals surface area contributed by atoms with Crippen LogP contribution in [0.15, 0.2) is 16.7 Å². The fourth-order valence-electron chi connectivity index (χ4n) is 2.15. The van der Waals surface area contributed by atoms with Gasteiger partial charge < -0.3 is 10.3 Å². The maximum Gasteiger partial charge on any atom is 0.261 e. The Kier molecular flexibility index (Phi) is 3.60. The van der Waals surface area contributed by atoms with E-state index in [2.05, 4.69) is 10.1 Å². The summed E-state index contributed by atoms with van der Waals surface area (Å²) in [7, 11) is 0. The van der Waals surface area contributed by atoms with Crippen LogP contribution in [0.1, 0.15) is 30.3 Å². The predicted octanol–water partition coefficient (Wildman–Crippen LogP) is 3.56. The molecule has 1 saturated heterocycles. The number of nitrogens with two attached hydrogens (primary N) is 1. The molecule has 106 valence electrons. The third kappa shape index (κ3) is 2.49. The summed E-state index contributed by atoms with van der Waals surface area (Å²) in [6.45, 7) is 0. The van der Waals surface area contributed by atoms with Crippen molar-refractivity contribution in [2.45, 2.75) is 24.5 Å². The van der Waals surface area contributed by atoms with Crippen LogP contribution in [0.5, 0.6) is 0 Å². The van der Waals surface area contributed by atoms with Gasteiger partial charge in [-0.3, -0.25) is 0 Å². The molecule has 20 heavy (non-hydrogen) atoms. The monoisotopic (exact) mass is 297 g/mol. The van der Waals surface area contributed by atoms with E-state index >= 15 is 0 Å². The van der Waals surface area contributed by atoms with Crippen LogP contribution in [0.4, 0.5) is 14.5 Å². The second-order valence-electron chi connectivity index (χ2n) is 4.67. The van der Waals surface area contributed by atoms with Gasteiger partial charge in [0, 0.05) is 6.07 Å². The minimum absolute atomic E-state index is 0.0310. The Morgan fingerprint density at radius 3 is 2.85 bits per heavy atom. The molecular weight excluding hydrogens is 284 g/mol. The van der Waals surface area contributed by atoms with Gasteiger partial charge in [0.2, 0.25) is 0 Å². The van der Waals surface area contributed by atoms with Crippen LogP contribution in [0.3, 0.4) is 0 Å². The summed E-state index contributed by atoms with van der Waals surface area (Å²) in [6, 6.07) is 1.90. The van der Waals surface area contributed by atoms with E-state index in [0.717, 1.165) is 24.7 Å². The van der Waals surface area contributed by atoms with E-state index in [4.69, 9.17) is 10.3 Å². The third-order valence-corrected chi connectivity index (χ3v) is 4.60. The van der Waals surface area contributed by atoms with Crippen molar-refractivity contribution in [2.24, 2.45) is 0 Å². The molecule has 0 radical (unpaired) electrons. The molecule has 1 aromatic heterocycles. The minimum Gasteiger partial charge on any atom is -0.396 e. The zero-order chi connectivity index (χ0) is 14.1. The molecule has 1 fully saturated rings. The van der Waals surface area contributed by atoms with E-state index in [1.165, 1.54) is 12.5 Å². The number of rotatable bonds is 2. The van der Waals surface area contributed by atoms with E-state index in [1.807, 2.05) is 0 Å². The molecule has 3 rings (SSSR count). The number of thioether (sulfide) groups is 1. The lowest BCUT2D eigenvalue weighted by Gasteiger charge is -2.17. The van der Waals surface area contributed by atoms with Gasteiger partial charge in [0.25, 0.3) is 5.89 Å². The van der Waals surface area contributed by atoms with Crippen LogP contribution in [0, 0.1) is 11.6 Å². The van der Waals surface area contributed by atoms with Crippen molar-refractivity contribution >= 4 is 17.4 Å². The average molecular weight is 297 g/mol. The number of benzene rings is 1. The van der Waals surface area contributed by atoms with Gasteiger partial charge in [-0.2, -0.15) is 16.7 Å². The number of hydrogen-bond acceptors (Lipinski definition) is 5. The SMILES string of the molecule is Nc1cc(-c2nc(C3CCCCS3)no2)c(F)cc1F. The molecule has 0 spiro atoms. The quantitative estimate of drug-likeness (QED) is 0.859. The van der Waals surface area contributed by atoms with Crippen molar-refractivity contribution in [3.63, 3.8) is 0 Å². The molecule has 2 N–H and O–H groups in total. The highest BCUT2D eigenvalue weighted by Gasteiger charge is 2.23. The summed E-state index contributed by atoms with van der Waals surface area (Å²) >= 11 is 1.77. The molecule has 0 saturated carbocycles. The van der Waals surface area contributed by atoms with Gasteiger partial charge in [0.1, 0.15) is 11.6 Å². The van der Waals surface area contributed by atoms with Crippen LogP contribution >= 0.6 is 11.8 Å². The van der Waals surface area contributed by atoms with Crippen molar-refractivity contribution in [1.29, 1.82) is 0 Å². The normalized spacial score (nSPS) is 19.2. The number of aromatic nitrogens is 2. The second kappa shape index (κ2) is 5.40. The Morgan fingerprint density at radius 2 is 2.10 bits per heavy atom. The molecule has 7 heteroatoms. The number of halogens is 2. The summed E-state index contributed by atoms with van der Waals surface area (Å²) < 4.78 is 32.0. The fraction of sp³-hybridized carbons (Fsp3) is 0.385. The van der Waals surface area contributed by atoms with Gasteiger partial charge in [-0.15, -0.1) is 0 Å². The zero-order valence-electron chi connectivity index (χ0n) is 10.6. The number of hydrogen-bond donors (Lipinski definition) is 1. The lowest BCUT2D eigenvalue weighted by atomic mass is 10.1. The molecule has 2 heterocycles. The van der Waals surface area contributed by atoms with Crippen LogP contribution in [-0.2, 0) is 0 Å². The number of nitrogen functional groups attached to an aromatic ring is 1. The van der Waals surface area contributed by atoms with Crippen molar-refractivity contribution < 1.29 is 13.3 Å². The van der Waals surface area contributed by atoms with Crippen LogP contribution in [-0.4, -0.2) is 15.9 Å². The predicted molar refractivity (Wildman–Crippen MR) is 73.1 cm³/mol. The smallest absolute Gasteiger partial charge is 0.261 e. The first-order valence-corrected chi connectivity index (χ1v) is 7.40. The van der Waals surface area contributed by atoms with Gasteiger partial charge in [0.05, 0.1) is 16.5 Å². The molecule has 1 aliphatic rings. The molecule has 1 aromatic carbocycles. The minimum atomic E-state index is -0.797. The summed E-state index contributed by atoms with van der Waals surface area (Å²) in [5.41, 5.74) is 5.33. The van der Waals surface area contributed by atoms with E-state index in [-0.39, 0.29) is 22.4 Å². The van der Waals surface area contributed by atoms with E-state index < -0.39 is 11.6 Å². The summed E-state index contributed by atoms with van der Waals surface area (Å²) in [5.74, 6) is 0.103. The Labute approximate surface area is 118 Å². The Balaban J connectivity index is 1.91. The van der Waals surface area contributed by atoms with Crippen LogP contribution in [0.25, 0.3) is 11.5 Å². The molecule has 1 atom stereocenters. The van der Waals surface area contributed by atoms with Crippen molar-refractivity contribution in [1.82, 2.24) is 10.1 Å². The summed E-state index contributed by atoms with van der Waals surface area (Å²) in [4.78, 5) is 4.22. The highest BCUT2D eigenvalue weighted by Crippen LogP contribution is 2.37. The lowest BCUT2D eigenvalue weighted by molar-refractivity contribution is 0.417. The highest BCUT2D eigenvalue weighted by molar-refractivity contribution is 7.99. The standard InChI is InChI=1S/C13H13F2N3OS/c14-8-6-9(15)10(16)5-7(8)13-17-12(18-19-13)11-3-1-2-4-20-11/h5-6,11H,1-4,16H2. The average Bonchev–Trinajstić information content (AvgIpc) is 2.93. The first-order valence-electron chi connectivity index (χ1n) is 6.35. The Morgan fingerprint density at radius 1 is 1.25 bits per heavy atom. The van der Waals surface area contributed by atoms with Crippen molar-refractivity contribution in [3.8, 4) is 11.5 Å². The molecule has 4 nitrogen and oxygen atoms in total. The van der Waals surface area contributed by atoms with Gasteiger partial charge in [0.15, 0.2) is 5.82 Å². The van der Waals surface area contributed by atoms with Crippen LogP contribution in [0.2, 0.25) is 0 Å². The highest BCUT2D eigenvalue weighted by atomic mass is 32.2. The summed E-state index contributed by atoms with van der Waals surface area (Å²) in [6.07, 6.45) is 3.30. The van der Waals surface area contributed by atoms with Crippen molar-refractivity contribution in [2.75, 3.05) is 11.5 Å². The third-order valence-electron chi connectivity index (χ3n) is 3.23. The molecule has 2 aromatic rings. The van der Waals surface area contributed by atoms with Crippen molar-refractivity contribution in [3.05, 3.63) is 29.6 Å². The Bertz CT molecular complexity index is 626. The van der Waals surface area contributed by atoms with E-state index in [9.17, 15) is 8.78 Å². The first kappa shape index (κ1) is 13.4. The van der Waals surface area contributed by atoms with Gasteiger partial charge >= 0.3 is 0 Å². The Hall–Kier alpha value is -1.63. The van der Waals surface area contributed by atoms with Gasteiger partial charge in [-0.1, -0.05) is 11.6 Å². The molecule has 1 unspecified atom stereocenters. The fourth-order valence-corrected chi connectivity index (χ4v) is 3.38. The van der Waals surface area contributed by atoms with Crippen LogP contribution < -0.4 is 5.73 Å². The van der Waals surface area contributed by atoms with E-state index in [1.54, 1.807) is 11.8 Å². The molecule has 1 aliphatic heterocycles. The number of anilines is 1. The largest absolute Gasteiger partial charge is 0.396 e. The molecule has 0 aliphatic carbocycles. The lowest BCUT2D eigenvalue weighted by Crippen LogP contribution is -2.03. The zero-order valence-corrected chi connectivity index (χ0v) is 11.4. The topological polar surface area (TPSA) is 64.9 Å². The first-order chi connectivity index (χ1) is 9.65. The molecule has 0 bridgehead atoms. The van der Waals surface area contributed by atoms with Gasteiger partial charge in [-0.25, -0.2) is 8.78 Å². The maximum atomic E-state index is 13.7. The van der Waals surface area contributed by atoms with Gasteiger partial charge in [-0.05, 0) is 24.7 Å². The molecule has 0 amide bonds. The molecular formula is C13H13F2N3OS. The summed E-state index contributed by atoms with van der Waals surface area (Å²) in [5, 5.41) is 4.08. The maximum absolute atomic E-state index is 13.7. The number of nitrogens with zero attached hydrogens (tertiary/aromatic N) is 2. The second-order valence-corrected chi connectivity index (χ2v) is 5.98.